The van der Waals surface area contributed by atoms with E-state index in [0.717, 1.165) is 44.9 Å². The van der Waals surface area contributed by atoms with Gasteiger partial charge >= 0.3 is 17.9 Å². The Bertz CT molecular complexity index is 704. The Kier molecular flexibility index (Phi) is 33.6. The fraction of sp³-hybridized carbons (Fsp3) is 0.872. The Morgan fingerprint density at radius 1 is 0.467 bits per heavy atom. The third-order valence-electron chi connectivity index (χ3n) is 8.33. The molecule has 0 unspecified atom stereocenters. The van der Waals surface area contributed by atoms with E-state index in [1.807, 2.05) is 0 Å². The van der Waals surface area contributed by atoms with Gasteiger partial charge in [-0.3, -0.25) is 14.4 Å². The van der Waals surface area contributed by atoms with E-state index in [4.69, 9.17) is 14.2 Å². The number of rotatable bonds is 34. The van der Waals surface area contributed by atoms with Crippen LogP contribution in [-0.4, -0.2) is 37.2 Å². The van der Waals surface area contributed by atoms with Crippen molar-refractivity contribution >= 4 is 17.9 Å². The second-order valence-electron chi connectivity index (χ2n) is 12.9. The van der Waals surface area contributed by atoms with Crippen molar-refractivity contribution in [2.75, 3.05) is 13.2 Å². The molecule has 0 rings (SSSR count). The maximum atomic E-state index is 12.4. The Morgan fingerprint density at radius 3 is 1.24 bits per heavy atom. The van der Waals surface area contributed by atoms with Crippen molar-refractivity contribution in [3.05, 3.63) is 12.2 Å². The minimum absolute atomic E-state index is 0.0818. The van der Waals surface area contributed by atoms with Gasteiger partial charge in [0, 0.05) is 19.8 Å². The van der Waals surface area contributed by atoms with Crippen molar-refractivity contribution in [1.29, 1.82) is 0 Å². The molecule has 45 heavy (non-hydrogen) atoms. The highest BCUT2D eigenvalue weighted by atomic mass is 16.6. The summed E-state index contributed by atoms with van der Waals surface area (Å²) in [5, 5.41) is 0. The van der Waals surface area contributed by atoms with Gasteiger partial charge in [0.05, 0.1) is 0 Å². The molecule has 0 saturated carbocycles. The zero-order valence-corrected chi connectivity index (χ0v) is 29.9. The summed E-state index contributed by atoms with van der Waals surface area (Å²) in [6, 6.07) is 0. The van der Waals surface area contributed by atoms with Crippen molar-refractivity contribution in [3.8, 4) is 0 Å². The number of ether oxygens (including phenoxy) is 3. The molecule has 0 aromatic carbocycles. The van der Waals surface area contributed by atoms with Crippen LogP contribution in [0.1, 0.15) is 201 Å². The van der Waals surface area contributed by atoms with Crippen LogP contribution in [0, 0.1) is 0 Å². The van der Waals surface area contributed by atoms with E-state index in [0.29, 0.717) is 12.8 Å². The summed E-state index contributed by atoms with van der Waals surface area (Å²) in [4.78, 5) is 35.9. The molecule has 0 aromatic heterocycles. The molecule has 0 bridgehead atoms. The van der Waals surface area contributed by atoms with Gasteiger partial charge in [-0.25, -0.2) is 0 Å². The maximum Gasteiger partial charge on any atom is 0.306 e. The van der Waals surface area contributed by atoms with Gasteiger partial charge in [-0.1, -0.05) is 154 Å². The summed E-state index contributed by atoms with van der Waals surface area (Å²) in [5.41, 5.74) is 0. The Balaban J connectivity index is 3.85. The molecule has 0 aromatic rings. The van der Waals surface area contributed by atoms with E-state index in [-0.39, 0.29) is 25.2 Å². The topological polar surface area (TPSA) is 78.9 Å². The monoisotopic (exact) mass is 637 g/mol. The van der Waals surface area contributed by atoms with Crippen LogP contribution in [0.4, 0.5) is 0 Å². The standard InChI is InChI=1S/C39H72O6/c1-4-6-8-10-12-14-16-18-19-21-22-24-26-28-30-32-38(41)44-35-37(34-43-36(3)40)45-39(42)33-31-29-27-25-23-20-17-15-13-11-9-7-5-2/h18-19,37H,4-17,20-35H2,1-3H3/b19-18-/t37-/m1/s1. The highest BCUT2D eigenvalue weighted by Crippen LogP contribution is 2.14. The van der Waals surface area contributed by atoms with Crippen LogP contribution >= 0.6 is 0 Å². The summed E-state index contributed by atoms with van der Waals surface area (Å²) < 4.78 is 15.9. The number of hydrogen-bond acceptors (Lipinski definition) is 6. The number of carbonyl (C=O) groups is 3. The number of unbranched alkanes of at least 4 members (excludes halogenated alkanes) is 23. The van der Waals surface area contributed by atoms with Gasteiger partial charge < -0.3 is 14.2 Å². The Labute approximate surface area is 278 Å². The molecule has 0 N–H and O–H groups in total. The number of carbonyl (C=O) groups excluding carboxylic acids is 3. The van der Waals surface area contributed by atoms with Crippen LogP contribution < -0.4 is 0 Å². The fourth-order valence-corrected chi connectivity index (χ4v) is 5.46. The molecule has 0 fully saturated rings. The smallest absolute Gasteiger partial charge is 0.306 e. The van der Waals surface area contributed by atoms with Crippen LogP contribution in [0.5, 0.6) is 0 Å². The Morgan fingerprint density at radius 2 is 0.822 bits per heavy atom. The van der Waals surface area contributed by atoms with Gasteiger partial charge in [0.15, 0.2) is 6.10 Å². The zero-order valence-electron chi connectivity index (χ0n) is 29.9. The molecule has 6 nitrogen and oxygen atoms in total. The van der Waals surface area contributed by atoms with Crippen molar-refractivity contribution < 1.29 is 28.6 Å². The molecular formula is C39H72O6. The van der Waals surface area contributed by atoms with E-state index in [9.17, 15) is 14.4 Å². The van der Waals surface area contributed by atoms with Gasteiger partial charge in [0.2, 0.25) is 0 Å². The van der Waals surface area contributed by atoms with E-state index in [2.05, 4.69) is 26.0 Å². The molecule has 0 aliphatic heterocycles. The minimum atomic E-state index is -0.763. The Hall–Kier alpha value is -1.85. The summed E-state index contributed by atoms with van der Waals surface area (Å²) >= 11 is 0. The van der Waals surface area contributed by atoms with Crippen molar-refractivity contribution in [3.63, 3.8) is 0 Å². The molecule has 0 aliphatic carbocycles. The zero-order chi connectivity index (χ0) is 33.1. The maximum absolute atomic E-state index is 12.4. The average Bonchev–Trinajstić information content (AvgIpc) is 3.02. The lowest BCUT2D eigenvalue weighted by Crippen LogP contribution is -2.30. The minimum Gasteiger partial charge on any atom is -0.462 e. The van der Waals surface area contributed by atoms with Crippen LogP contribution in [0.15, 0.2) is 12.2 Å². The van der Waals surface area contributed by atoms with E-state index < -0.39 is 12.1 Å². The van der Waals surface area contributed by atoms with E-state index in [1.165, 1.54) is 129 Å². The van der Waals surface area contributed by atoms with Crippen molar-refractivity contribution in [1.82, 2.24) is 0 Å². The van der Waals surface area contributed by atoms with Crippen LogP contribution in [0.3, 0.4) is 0 Å². The molecular weight excluding hydrogens is 564 g/mol. The SMILES string of the molecule is CCCCCCCC/C=C\CCCCCCCC(=O)OC[C@@H](COC(C)=O)OC(=O)CCCCCCCCCCCCCCC. The van der Waals surface area contributed by atoms with Crippen LogP contribution in [-0.2, 0) is 28.6 Å². The normalized spacial score (nSPS) is 12.0. The van der Waals surface area contributed by atoms with Crippen molar-refractivity contribution in [2.24, 2.45) is 0 Å². The summed E-state index contributed by atoms with van der Waals surface area (Å²) in [6.45, 7) is 5.64. The van der Waals surface area contributed by atoms with Gasteiger partial charge in [-0.15, -0.1) is 0 Å². The molecule has 0 spiro atoms. The van der Waals surface area contributed by atoms with Crippen LogP contribution in [0.25, 0.3) is 0 Å². The first-order valence-corrected chi connectivity index (χ1v) is 19.1. The highest BCUT2D eigenvalue weighted by Gasteiger charge is 2.18. The quantitative estimate of drug-likeness (QED) is 0.0303. The molecule has 0 amide bonds. The molecule has 0 heterocycles. The van der Waals surface area contributed by atoms with E-state index in [1.54, 1.807) is 0 Å². The second kappa shape index (κ2) is 35.0. The molecule has 264 valence electrons. The molecule has 0 radical (unpaired) electrons. The summed E-state index contributed by atoms with van der Waals surface area (Å²) in [7, 11) is 0. The molecule has 1 atom stereocenters. The van der Waals surface area contributed by atoms with Gasteiger partial charge in [0.25, 0.3) is 0 Å². The third kappa shape index (κ3) is 34.9. The number of hydrogen-bond donors (Lipinski definition) is 0. The lowest BCUT2D eigenvalue weighted by molar-refractivity contribution is -0.166. The largest absolute Gasteiger partial charge is 0.462 e. The molecule has 6 heteroatoms. The predicted molar refractivity (Wildman–Crippen MR) is 187 cm³/mol. The van der Waals surface area contributed by atoms with Crippen LogP contribution in [0.2, 0.25) is 0 Å². The average molecular weight is 637 g/mol. The predicted octanol–water partition coefficient (Wildman–Crippen LogP) is 11.5. The first-order valence-electron chi connectivity index (χ1n) is 19.1. The lowest BCUT2D eigenvalue weighted by Gasteiger charge is -2.18. The van der Waals surface area contributed by atoms with Crippen molar-refractivity contribution in [2.45, 2.75) is 207 Å². The summed E-state index contributed by atoms with van der Waals surface area (Å²) in [5.74, 6) is -1.08. The van der Waals surface area contributed by atoms with Gasteiger partial charge in [-0.2, -0.15) is 0 Å². The highest BCUT2D eigenvalue weighted by molar-refractivity contribution is 5.70. The number of esters is 3. The number of allylic oxidation sites excluding steroid dienone is 2. The second-order valence-corrected chi connectivity index (χ2v) is 12.9. The van der Waals surface area contributed by atoms with E-state index >= 15 is 0 Å². The first kappa shape index (κ1) is 43.1. The first-order chi connectivity index (χ1) is 22.0. The van der Waals surface area contributed by atoms with Gasteiger partial charge in [0.1, 0.15) is 13.2 Å². The summed E-state index contributed by atoms with van der Waals surface area (Å²) in [6.07, 6.45) is 36.5. The molecule has 0 saturated heterocycles. The third-order valence-corrected chi connectivity index (χ3v) is 8.33. The molecule has 0 aliphatic rings. The lowest BCUT2D eigenvalue weighted by atomic mass is 10.0. The fourth-order valence-electron chi connectivity index (χ4n) is 5.46. The van der Waals surface area contributed by atoms with Gasteiger partial charge in [-0.05, 0) is 38.5 Å².